The van der Waals surface area contributed by atoms with Crippen molar-refractivity contribution >= 4 is 5.91 Å². The number of likely N-dealkylation sites (tertiary alicyclic amines) is 1. The lowest BCUT2D eigenvalue weighted by Crippen LogP contribution is -2.41. The zero-order valence-electron chi connectivity index (χ0n) is 10.8. The van der Waals surface area contributed by atoms with Crippen molar-refractivity contribution in [3.05, 3.63) is 0 Å². The Morgan fingerprint density at radius 1 is 1.39 bits per heavy atom. The van der Waals surface area contributed by atoms with Crippen LogP contribution in [-0.4, -0.2) is 42.5 Å². The Kier molecular flexibility index (Phi) is 4.56. The van der Waals surface area contributed by atoms with Crippen LogP contribution in [0, 0.1) is 17.2 Å². The highest BCUT2D eigenvalue weighted by molar-refractivity contribution is 5.76. The maximum absolute atomic E-state index is 11.1. The predicted molar refractivity (Wildman–Crippen MR) is 68.5 cm³/mol. The summed E-state index contributed by atoms with van der Waals surface area (Å²) in [4.78, 5) is 13.4. The highest BCUT2D eigenvalue weighted by Gasteiger charge is 2.26. The molecule has 5 heteroatoms. The Labute approximate surface area is 108 Å². The zero-order valence-corrected chi connectivity index (χ0v) is 10.8. The number of carbonyl (C=O) groups is 1. The lowest BCUT2D eigenvalue weighted by atomic mass is 9.96. The average Bonchev–Trinajstić information content (AvgIpc) is 3.18. The van der Waals surface area contributed by atoms with Crippen molar-refractivity contribution in [1.82, 2.24) is 10.2 Å². The van der Waals surface area contributed by atoms with Crippen molar-refractivity contribution in [1.29, 1.82) is 5.26 Å². The van der Waals surface area contributed by atoms with Crippen molar-refractivity contribution < 1.29 is 4.79 Å². The van der Waals surface area contributed by atoms with Gasteiger partial charge in [0, 0.05) is 18.5 Å². The van der Waals surface area contributed by atoms with Gasteiger partial charge in [0.2, 0.25) is 5.91 Å². The fourth-order valence-corrected chi connectivity index (χ4v) is 2.47. The molecule has 0 radical (unpaired) electrons. The van der Waals surface area contributed by atoms with Crippen molar-refractivity contribution in [2.24, 2.45) is 11.7 Å². The van der Waals surface area contributed by atoms with E-state index >= 15 is 0 Å². The maximum Gasteiger partial charge on any atom is 0.220 e. The summed E-state index contributed by atoms with van der Waals surface area (Å²) in [6.07, 6.45) is 5.02. The van der Waals surface area contributed by atoms with E-state index in [1.54, 1.807) is 0 Å². The van der Waals surface area contributed by atoms with Crippen LogP contribution in [0.1, 0.15) is 32.1 Å². The smallest absolute Gasteiger partial charge is 0.220 e. The molecule has 18 heavy (non-hydrogen) atoms. The van der Waals surface area contributed by atoms with Crippen molar-refractivity contribution in [2.75, 3.05) is 19.6 Å². The van der Waals surface area contributed by atoms with Crippen LogP contribution < -0.4 is 11.1 Å². The molecule has 1 unspecified atom stereocenters. The minimum absolute atomic E-state index is 0.0219. The summed E-state index contributed by atoms with van der Waals surface area (Å²) in [5.74, 6) is -0.113. The minimum Gasteiger partial charge on any atom is -0.369 e. The quantitative estimate of drug-likeness (QED) is 0.706. The molecule has 1 atom stereocenters. The normalized spacial score (nSPS) is 23.5. The van der Waals surface area contributed by atoms with E-state index in [0.29, 0.717) is 6.04 Å². The van der Waals surface area contributed by atoms with E-state index in [2.05, 4.69) is 16.3 Å². The van der Waals surface area contributed by atoms with E-state index in [9.17, 15) is 4.79 Å². The molecule has 0 aromatic heterocycles. The van der Waals surface area contributed by atoms with Crippen molar-refractivity contribution in [3.63, 3.8) is 0 Å². The Morgan fingerprint density at radius 3 is 2.56 bits per heavy atom. The second-order valence-corrected chi connectivity index (χ2v) is 5.43. The van der Waals surface area contributed by atoms with Gasteiger partial charge in [-0.05, 0) is 45.2 Å². The van der Waals surface area contributed by atoms with Crippen LogP contribution in [0.4, 0.5) is 0 Å². The molecule has 1 aliphatic heterocycles. The molecule has 0 aromatic carbocycles. The van der Waals surface area contributed by atoms with Gasteiger partial charge < -0.3 is 10.6 Å². The molecule has 1 saturated carbocycles. The Bertz CT molecular complexity index is 326. The number of amides is 1. The van der Waals surface area contributed by atoms with Gasteiger partial charge in [0.1, 0.15) is 0 Å². The molecule has 1 saturated heterocycles. The predicted octanol–water partition coefficient (Wildman–Crippen LogP) is 0.218. The van der Waals surface area contributed by atoms with Gasteiger partial charge in [-0.15, -0.1) is 0 Å². The third-order valence-corrected chi connectivity index (χ3v) is 3.89. The van der Waals surface area contributed by atoms with Crippen LogP contribution in [0.5, 0.6) is 0 Å². The van der Waals surface area contributed by atoms with Gasteiger partial charge in [-0.3, -0.25) is 10.1 Å². The lowest BCUT2D eigenvalue weighted by molar-refractivity contribution is -0.123. The third kappa shape index (κ3) is 3.97. The zero-order chi connectivity index (χ0) is 13.0. The Hall–Kier alpha value is -1.12. The van der Waals surface area contributed by atoms with Crippen LogP contribution >= 0.6 is 0 Å². The number of nitrogens with zero attached hydrogens (tertiary/aromatic N) is 2. The number of hydrogen-bond donors (Lipinski definition) is 2. The molecule has 2 fully saturated rings. The molecule has 3 N–H and O–H groups in total. The largest absolute Gasteiger partial charge is 0.369 e. The van der Waals surface area contributed by atoms with E-state index in [-0.39, 0.29) is 17.9 Å². The standard InChI is InChI=1S/C13H22N4O/c14-9-12(16-11-1-2-11)5-8-17-6-3-10(4-7-17)13(15)18/h10-12,16H,1-8H2,(H2,15,18). The van der Waals surface area contributed by atoms with Gasteiger partial charge >= 0.3 is 0 Å². The summed E-state index contributed by atoms with van der Waals surface area (Å²) >= 11 is 0. The summed E-state index contributed by atoms with van der Waals surface area (Å²) in [5, 5.41) is 12.4. The molecular weight excluding hydrogens is 228 g/mol. The van der Waals surface area contributed by atoms with E-state index in [4.69, 9.17) is 11.0 Å². The van der Waals surface area contributed by atoms with Crippen LogP contribution in [-0.2, 0) is 4.79 Å². The summed E-state index contributed by atoms with van der Waals surface area (Å²) in [7, 11) is 0. The monoisotopic (exact) mass is 250 g/mol. The van der Waals surface area contributed by atoms with Crippen LogP contribution in [0.25, 0.3) is 0 Å². The number of piperidine rings is 1. The fraction of sp³-hybridized carbons (Fsp3) is 0.846. The topological polar surface area (TPSA) is 82.2 Å². The molecule has 1 heterocycles. The van der Waals surface area contributed by atoms with Gasteiger partial charge in [-0.25, -0.2) is 0 Å². The van der Waals surface area contributed by atoms with Crippen molar-refractivity contribution in [2.45, 2.75) is 44.2 Å². The lowest BCUT2D eigenvalue weighted by Gasteiger charge is -2.30. The Morgan fingerprint density at radius 2 is 2.06 bits per heavy atom. The molecule has 0 spiro atoms. The fourth-order valence-electron chi connectivity index (χ4n) is 2.47. The molecule has 2 aliphatic rings. The van der Waals surface area contributed by atoms with E-state index in [0.717, 1.165) is 38.9 Å². The number of nitriles is 1. The summed E-state index contributed by atoms with van der Waals surface area (Å²) in [6, 6.07) is 2.89. The highest BCUT2D eigenvalue weighted by Crippen LogP contribution is 2.20. The Balaban J connectivity index is 1.64. The highest BCUT2D eigenvalue weighted by atomic mass is 16.1. The first-order chi connectivity index (χ1) is 8.69. The molecule has 0 bridgehead atoms. The molecular formula is C13H22N4O. The van der Waals surface area contributed by atoms with Gasteiger partial charge in [0.25, 0.3) is 0 Å². The van der Waals surface area contributed by atoms with Gasteiger partial charge in [0.15, 0.2) is 0 Å². The number of rotatable bonds is 6. The van der Waals surface area contributed by atoms with E-state index < -0.39 is 0 Å². The van der Waals surface area contributed by atoms with Gasteiger partial charge in [-0.1, -0.05) is 0 Å². The second kappa shape index (κ2) is 6.17. The molecule has 1 amide bonds. The second-order valence-electron chi connectivity index (χ2n) is 5.43. The van der Waals surface area contributed by atoms with Crippen LogP contribution in [0.15, 0.2) is 0 Å². The first-order valence-corrected chi connectivity index (χ1v) is 6.86. The summed E-state index contributed by atoms with van der Waals surface area (Å²) in [6.45, 7) is 2.79. The van der Waals surface area contributed by atoms with Gasteiger partial charge in [0.05, 0.1) is 12.1 Å². The van der Waals surface area contributed by atoms with Crippen LogP contribution in [0.2, 0.25) is 0 Å². The van der Waals surface area contributed by atoms with E-state index in [1.165, 1.54) is 12.8 Å². The number of nitrogens with two attached hydrogens (primary N) is 1. The number of primary amides is 1. The average molecular weight is 250 g/mol. The molecule has 2 rings (SSSR count). The SMILES string of the molecule is N#CC(CCN1CCC(C(N)=O)CC1)NC1CC1. The first-order valence-electron chi connectivity index (χ1n) is 6.86. The number of carbonyl (C=O) groups excluding carboxylic acids is 1. The van der Waals surface area contributed by atoms with E-state index in [1.807, 2.05) is 0 Å². The first kappa shape index (κ1) is 13.3. The van der Waals surface area contributed by atoms with Crippen LogP contribution in [0.3, 0.4) is 0 Å². The molecule has 1 aliphatic carbocycles. The summed E-state index contributed by atoms with van der Waals surface area (Å²) in [5.41, 5.74) is 5.31. The third-order valence-electron chi connectivity index (χ3n) is 3.89. The molecule has 0 aromatic rings. The maximum atomic E-state index is 11.1. The van der Waals surface area contributed by atoms with Crippen molar-refractivity contribution in [3.8, 4) is 6.07 Å². The number of nitrogens with one attached hydrogen (secondary N) is 1. The molecule has 5 nitrogen and oxygen atoms in total. The number of hydrogen-bond acceptors (Lipinski definition) is 4. The minimum atomic E-state index is -0.167. The summed E-state index contributed by atoms with van der Waals surface area (Å²) < 4.78 is 0. The molecule has 100 valence electrons. The van der Waals surface area contributed by atoms with Gasteiger partial charge in [-0.2, -0.15) is 5.26 Å².